The third-order valence-electron chi connectivity index (χ3n) is 2.46. The molecule has 5 heteroatoms. The quantitative estimate of drug-likeness (QED) is 0.774. The highest BCUT2D eigenvalue weighted by atomic mass is 79.9. The van der Waals surface area contributed by atoms with Crippen molar-refractivity contribution >= 4 is 50.5 Å². The van der Waals surface area contributed by atoms with E-state index in [1.165, 1.54) is 11.3 Å². The lowest BCUT2D eigenvalue weighted by Crippen LogP contribution is -2.12. The van der Waals surface area contributed by atoms with E-state index in [2.05, 4.69) is 21.2 Å². The molecule has 18 heavy (non-hydrogen) atoms. The van der Waals surface area contributed by atoms with Crippen LogP contribution in [0.1, 0.15) is 27.5 Å². The molecule has 0 bridgehead atoms. The normalized spacial score (nSPS) is 12.2. The third kappa shape index (κ3) is 2.94. The van der Waals surface area contributed by atoms with Crippen LogP contribution >= 0.6 is 38.9 Å². The van der Waals surface area contributed by atoms with Crippen LogP contribution in [0.4, 0.5) is 5.69 Å². The van der Waals surface area contributed by atoms with Gasteiger partial charge in [0.05, 0.1) is 5.38 Å². The number of hydrogen-bond donors (Lipinski definition) is 1. The molecule has 1 heterocycles. The Morgan fingerprint density at radius 2 is 2.11 bits per heavy atom. The fourth-order valence-corrected chi connectivity index (χ4v) is 3.23. The zero-order chi connectivity index (χ0) is 13.1. The molecule has 1 N–H and O–H groups in total. The van der Waals surface area contributed by atoms with E-state index in [1.807, 2.05) is 42.6 Å². The van der Waals surface area contributed by atoms with Crippen LogP contribution in [0.5, 0.6) is 0 Å². The molecule has 1 unspecified atom stereocenters. The maximum absolute atomic E-state index is 12.1. The highest BCUT2D eigenvalue weighted by molar-refractivity contribution is 9.10. The van der Waals surface area contributed by atoms with Crippen LogP contribution in [0.2, 0.25) is 0 Å². The van der Waals surface area contributed by atoms with Crippen molar-refractivity contribution < 1.29 is 4.79 Å². The molecule has 1 aromatic carbocycles. The number of carbonyl (C=O) groups is 1. The number of benzene rings is 1. The van der Waals surface area contributed by atoms with Gasteiger partial charge in [-0.1, -0.05) is 18.2 Å². The van der Waals surface area contributed by atoms with Crippen LogP contribution in [0.15, 0.2) is 40.2 Å². The number of para-hydroxylation sites is 1. The Morgan fingerprint density at radius 1 is 1.39 bits per heavy atom. The van der Waals surface area contributed by atoms with Gasteiger partial charge in [0.2, 0.25) is 0 Å². The van der Waals surface area contributed by atoms with Crippen LogP contribution in [-0.4, -0.2) is 5.91 Å². The molecule has 0 radical (unpaired) electrons. The lowest BCUT2D eigenvalue weighted by molar-refractivity contribution is 0.103. The Labute approximate surface area is 123 Å². The van der Waals surface area contributed by atoms with Gasteiger partial charge < -0.3 is 5.32 Å². The highest BCUT2D eigenvalue weighted by Gasteiger charge is 2.14. The van der Waals surface area contributed by atoms with Gasteiger partial charge in [-0.15, -0.1) is 22.9 Å². The number of anilines is 1. The van der Waals surface area contributed by atoms with E-state index in [9.17, 15) is 4.79 Å². The van der Waals surface area contributed by atoms with Crippen molar-refractivity contribution in [3.8, 4) is 0 Å². The molecule has 0 saturated carbocycles. The van der Waals surface area contributed by atoms with Gasteiger partial charge in [-0.25, -0.2) is 0 Å². The van der Waals surface area contributed by atoms with Gasteiger partial charge >= 0.3 is 0 Å². The summed E-state index contributed by atoms with van der Waals surface area (Å²) < 4.78 is 0.807. The average Bonchev–Trinajstić information content (AvgIpc) is 2.76. The first-order chi connectivity index (χ1) is 8.59. The van der Waals surface area contributed by atoms with Crippen LogP contribution in [0, 0.1) is 0 Å². The molecule has 0 aliphatic carbocycles. The summed E-state index contributed by atoms with van der Waals surface area (Å²) in [6.45, 7) is 1.88. The second-order valence-electron chi connectivity index (χ2n) is 3.76. The molecule has 94 valence electrons. The summed E-state index contributed by atoms with van der Waals surface area (Å²) in [7, 11) is 0. The Morgan fingerprint density at radius 3 is 2.72 bits per heavy atom. The lowest BCUT2D eigenvalue weighted by atomic mass is 10.1. The van der Waals surface area contributed by atoms with Gasteiger partial charge in [0.25, 0.3) is 5.91 Å². The third-order valence-corrected chi connectivity index (χ3v) is 4.53. The highest BCUT2D eigenvalue weighted by Crippen LogP contribution is 2.29. The Bertz CT molecular complexity index is 568. The topological polar surface area (TPSA) is 29.1 Å². The zero-order valence-corrected chi connectivity index (χ0v) is 12.8. The first-order valence-corrected chi connectivity index (χ1v) is 7.48. The molecule has 1 amide bonds. The van der Waals surface area contributed by atoms with Crippen molar-refractivity contribution in [2.75, 3.05) is 5.32 Å². The number of halogens is 2. The standard InChI is InChI=1S/C13H11BrClNOS/c1-8(15)9-4-2-3-5-11(9)16-13(17)12-10(14)6-7-18-12/h2-8H,1H3,(H,16,17). The SMILES string of the molecule is CC(Cl)c1ccccc1NC(=O)c1sccc1Br. The fourth-order valence-electron chi connectivity index (χ4n) is 1.59. The van der Waals surface area contributed by atoms with Gasteiger partial charge in [-0.3, -0.25) is 4.79 Å². The molecule has 1 aromatic heterocycles. The summed E-state index contributed by atoms with van der Waals surface area (Å²) in [6.07, 6.45) is 0. The van der Waals surface area contributed by atoms with Crippen molar-refractivity contribution in [2.45, 2.75) is 12.3 Å². The monoisotopic (exact) mass is 343 g/mol. The van der Waals surface area contributed by atoms with E-state index in [1.54, 1.807) is 0 Å². The minimum absolute atomic E-state index is 0.123. The van der Waals surface area contributed by atoms with E-state index in [4.69, 9.17) is 11.6 Å². The van der Waals surface area contributed by atoms with Crippen molar-refractivity contribution in [3.05, 3.63) is 50.6 Å². The van der Waals surface area contributed by atoms with Crippen molar-refractivity contribution in [3.63, 3.8) is 0 Å². The number of rotatable bonds is 3. The molecule has 0 fully saturated rings. The fraction of sp³-hybridized carbons (Fsp3) is 0.154. The first-order valence-electron chi connectivity index (χ1n) is 5.37. The predicted octanol–water partition coefficient (Wildman–Crippen LogP) is 5.06. The number of hydrogen-bond acceptors (Lipinski definition) is 2. The van der Waals surface area contributed by atoms with E-state index < -0.39 is 0 Å². The molecule has 0 saturated heterocycles. The Hall–Kier alpha value is -0.840. The second-order valence-corrected chi connectivity index (χ2v) is 6.18. The van der Waals surface area contributed by atoms with E-state index in [0.29, 0.717) is 4.88 Å². The van der Waals surface area contributed by atoms with Gasteiger partial charge in [0, 0.05) is 10.2 Å². The summed E-state index contributed by atoms with van der Waals surface area (Å²) in [4.78, 5) is 12.8. The van der Waals surface area contributed by atoms with Crippen molar-refractivity contribution in [1.82, 2.24) is 0 Å². The van der Waals surface area contributed by atoms with E-state index >= 15 is 0 Å². The van der Waals surface area contributed by atoms with Crippen LogP contribution in [0.3, 0.4) is 0 Å². The maximum Gasteiger partial charge on any atom is 0.266 e. The smallest absolute Gasteiger partial charge is 0.266 e. The van der Waals surface area contributed by atoms with E-state index in [-0.39, 0.29) is 11.3 Å². The zero-order valence-electron chi connectivity index (χ0n) is 9.61. The first kappa shape index (κ1) is 13.6. The number of alkyl halides is 1. The minimum Gasteiger partial charge on any atom is -0.321 e. The van der Waals surface area contributed by atoms with Crippen LogP contribution in [0.25, 0.3) is 0 Å². The summed E-state index contributed by atoms with van der Waals surface area (Å²) in [5.41, 5.74) is 1.67. The number of amides is 1. The molecular weight excluding hydrogens is 334 g/mol. The summed E-state index contributed by atoms with van der Waals surface area (Å²) >= 11 is 10.8. The summed E-state index contributed by atoms with van der Waals surface area (Å²) in [5, 5.41) is 4.62. The molecule has 0 aliphatic heterocycles. The Kier molecular flexibility index (Phi) is 4.43. The van der Waals surface area contributed by atoms with Crippen LogP contribution in [-0.2, 0) is 0 Å². The number of thiophene rings is 1. The molecule has 2 aromatic rings. The average molecular weight is 345 g/mol. The molecule has 0 spiro atoms. The number of carbonyl (C=O) groups excluding carboxylic acids is 1. The lowest BCUT2D eigenvalue weighted by Gasteiger charge is -2.12. The van der Waals surface area contributed by atoms with Crippen molar-refractivity contribution in [2.24, 2.45) is 0 Å². The summed E-state index contributed by atoms with van der Waals surface area (Å²) in [6, 6.07) is 9.41. The van der Waals surface area contributed by atoms with Crippen molar-refractivity contribution in [1.29, 1.82) is 0 Å². The second kappa shape index (κ2) is 5.87. The summed E-state index contributed by atoms with van der Waals surface area (Å²) in [5.74, 6) is -0.123. The van der Waals surface area contributed by atoms with Gasteiger partial charge in [0.15, 0.2) is 0 Å². The van der Waals surface area contributed by atoms with Gasteiger partial charge in [-0.2, -0.15) is 0 Å². The Balaban J connectivity index is 2.25. The minimum atomic E-state index is -0.145. The predicted molar refractivity (Wildman–Crippen MR) is 80.7 cm³/mol. The van der Waals surface area contributed by atoms with Gasteiger partial charge in [0.1, 0.15) is 4.88 Å². The largest absolute Gasteiger partial charge is 0.321 e. The molecule has 0 aliphatic rings. The molecular formula is C13H11BrClNOS. The molecule has 2 rings (SSSR count). The number of nitrogens with one attached hydrogen (secondary N) is 1. The molecule has 2 nitrogen and oxygen atoms in total. The van der Waals surface area contributed by atoms with Gasteiger partial charge in [-0.05, 0) is 45.9 Å². The maximum atomic E-state index is 12.1. The van der Waals surface area contributed by atoms with Crippen LogP contribution < -0.4 is 5.32 Å². The van der Waals surface area contributed by atoms with E-state index in [0.717, 1.165) is 15.7 Å². The molecule has 1 atom stereocenters.